The molecule has 0 radical (unpaired) electrons. The summed E-state index contributed by atoms with van der Waals surface area (Å²) in [4.78, 5) is 14.1. The maximum atomic E-state index is 4.89. The topological polar surface area (TPSA) is 61.1 Å². The Balaban J connectivity index is 1.32. The molecule has 0 spiro atoms. The summed E-state index contributed by atoms with van der Waals surface area (Å²) in [6, 6.07) is 2.08. The molecular weight excluding hydrogens is 374 g/mol. The fraction of sp³-hybridized carbons (Fsp3) is 0.435. The maximum absolute atomic E-state index is 4.89. The van der Waals surface area contributed by atoms with Crippen molar-refractivity contribution in [1.29, 1.82) is 0 Å². The van der Waals surface area contributed by atoms with Crippen LogP contribution in [0.4, 0.5) is 0 Å². The minimum absolute atomic E-state index is 0.735. The molecule has 0 unspecified atom stereocenters. The molecule has 1 atom stereocenters. The van der Waals surface area contributed by atoms with Crippen LogP contribution in [-0.2, 0) is 0 Å². The number of fused-ring (bicyclic) bond motifs is 2. The van der Waals surface area contributed by atoms with Gasteiger partial charge in [0.2, 0.25) is 0 Å². The Labute approximate surface area is 177 Å². The van der Waals surface area contributed by atoms with E-state index in [9.17, 15) is 0 Å². The standard InChI is InChI=1S/C23H29N7/c1-4-24-12-18-7-9-28(14-18)19-5-6-23-26-20(8-10-29(23)15-19)21-11-22-17(3)25-16(2)13-30(22)27-21/h5-6,8,11,13,15,18,24H,4,7,9-10,12,14H2,1-3H3/t18-/m0/s1. The second kappa shape index (κ2) is 7.72. The predicted molar refractivity (Wildman–Crippen MR) is 120 cm³/mol. The minimum Gasteiger partial charge on any atom is -0.370 e. The molecule has 1 fully saturated rings. The highest BCUT2D eigenvalue weighted by Crippen LogP contribution is 2.27. The molecule has 0 aromatic carbocycles. The van der Waals surface area contributed by atoms with E-state index in [0.29, 0.717) is 0 Å². The molecule has 156 valence electrons. The van der Waals surface area contributed by atoms with Crippen molar-refractivity contribution < 1.29 is 0 Å². The summed E-state index contributed by atoms with van der Waals surface area (Å²) in [5, 5.41) is 8.22. The van der Waals surface area contributed by atoms with Gasteiger partial charge in [-0.15, -0.1) is 0 Å². The summed E-state index contributed by atoms with van der Waals surface area (Å²) < 4.78 is 1.91. The van der Waals surface area contributed by atoms with Gasteiger partial charge in [0, 0.05) is 25.8 Å². The molecule has 3 aliphatic rings. The van der Waals surface area contributed by atoms with E-state index in [1.807, 2.05) is 24.6 Å². The SMILES string of the molecule is CCNC[C@@H]1CCN(C2=CN3CC=C(c4cc5c(C)nc(C)cn5n4)N=C3C=C2)C1. The van der Waals surface area contributed by atoms with E-state index < -0.39 is 0 Å². The third-order valence-corrected chi connectivity index (χ3v) is 6.06. The van der Waals surface area contributed by atoms with E-state index >= 15 is 0 Å². The Kier molecular flexibility index (Phi) is 4.90. The van der Waals surface area contributed by atoms with Gasteiger partial charge in [-0.1, -0.05) is 6.92 Å². The van der Waals surface area contributed by atoms with Gasteiger partial charge in [-0.2, -0.15) is 5.10 Å². The van der Waals surface area contributed by atoms with Crippen molar-refractivity contribution >= 4 is 17.0 Å². The van der Waals surface area contributed by atoms with Crippen molar-refractivity contribution in [2.24, 2.45) is 10.9 Å². The van der Waals surface area contributed by atoms with Gasteiger partial charge in [0.25, 0.3) is 0 Å². The number of hydrogen-bond acceptors (Lipinski definition) is 6. The number of aryl methyl sites for hydroxylation is 2. The van der Waals surface area contributed by atoms with Gasteiger partial charge >= 0.3 is 0 Å². The lowest BCUT2D eigenvalue weighted by molar-refractivity contribution is 0.397. The number of nitrogens with zero attached hydrogens (tertiary/aromatic N) is 6. The Morgan fingerprint density at radius 3 is 3.00 bits per heavy atom. The smallest absolute Gasteiger partial charge is 0.133 e. The molecule has 7 nitrogen and oxygen atoms in total. The van der Waals surface area contributed by atoms with E-state index in [2.05, 4.69) is 57.5 Å². The van der Waals surface area contributed by atoms with Crippen LogP contribution in [0.5, 0.6) is 0 Å². The fourth-order valence-corrected chi connectivity index (χ4v) is 4.47. The number of amidine groups is 1. The third-order valence-electron chi connectivity index (χ3n) is 6.06. The molecule has 0 amide bonds. The first-order chi connectivity index (χ1) is 14.6. The van der Waals surface area contributed by atoms with Crippen LogP contribution in [0.2, 0.25) is 0 Å². The first-order valence-electron chi connectivity index (χ1n) is 10.9. The molecule has 5 heterocycles. The van der Waals surface area contributed by atoms with Crippen molar-refractivity contribution in [3.05, 3.63) is 59.5 Å². The van der Waals surface area contributed by atoms with E-state index in [1.54, 1.807) is 0 Å². The quantitative estimate of drug-likeness (QED) is 0.832. The highest BCUT2D eigenvalue weighted by molar-refractivity contribution is 6.00. The second-order valence-corrected chi connectivity index (χ2v) is 8.33. The Morgan fingerprint density at radius 2 is 2.13 bits per heavy atom. The zero-order valence-corrected chi connectivity index (χ0v) is 18.0. The zero-order chi connectivity index (χ0) is 20.7. The second-order valence-electron chi connectivity index (χ2n) is 8.33. The number of allylic oxidation sites excluding steroid dienone is 1. The van der Waals surface area contributed by atoms with E-state index in [0.717, 1.165) is 72.8 Å². The Morgan fingerprint density at radius 1 is 1.23 bits per heavy atom. The summed E-state index contributed by atoms with van der Waals surface area (Å²) in [5.41, 5.74) is 6.09. The minimum atomic E-state index is 0.735. The van der Waals surface area contributed by atoms with E-state index in [-0.39, 0.29) is 0 Å². The number of nitrogens with one attached hydrogen (secondary N) is 1. The Hall–Kier alpha value is -2.93. The predicted octanol–water partition coefficient (Wildman–Crippen LogP) is 2.74. The first-order valence-corrected chi connectivity index (χ1v) is 10.9. The zero-order valence-electron chi connectivity index (χ0n) is 18.0. The molecule has 1 N–H and O–H groups in total. The van der Waals surface area contributed by atoms with Crippen LogP contribution in [0, 0.1) is 19.8 Å². The molecule has 0 saturated carbocycles. The molecular formula is C23H29N7. The van der Waals surface area contributed by atoms with Crippen LogP contribution >= 0.6 is 0 Å². The fourth-order valence-electron chi connectivity index (χ4n) is 4.47. The molecule has 1 saturated heterocycles. The monoisotopic (exact) mass is 403 g/mol. The van der Waals surface area contributed by atoms with Gasteiger partial charge in [-0.3, -0.25) is 4.98 Å². The summed E-state index contributed by atoms with van der Waals surface area (Å²) in [6.07, 6.45) is 11.9. The normalized spacial score (nSPS) is 21.0. The average molecular weight is 404 g/mol. The van der Waals surface area contributed by atoms with Crippen LogP contribution in [0.3, 0.4) is 0 Å². The lowest BCUT2D eigenvalue weighted by Crippen LogP contribution is -2.33. The van der Waals surface area contributed by atoms with Crippen LogP contribution in [0.25, 0.3) is 11.2 Å². The summed E-state index contributed by atoms with van der Waals surface area (Å²) in [6.45, 7) is 11.4. The van der Waals surface area contributed by atoms with Gasteiger partial charge in [-0.25, -0.2) is 9.51 Å². The van der Waals surface area contributed by atoms with Gasteiger partial charge in [0.15, 0.2) is 0 Å². The highest BCUT2D eigenvalue weighted by atomic mass is 15.3. The number of likely N-dealkylation sites (tertiary alicyclic amines) is 1. The lowest BCUT2D eigenvalue weighted by Gasteiger charge is -2.30. The summed E-state index contributed by atoms with van der Waals surface area (Å²) in [7, 11) is 0. The van der Waals surface area contributed by atoms with Crippen LogP contribution in [0.1, 0.15) is 30.4 Å². The lowest BCUT2D eigenvalue weighted by atomic mass is 10.1. The van der Waals surface area contributed by atoms with Gasteiger partial charge in [-0.05, 0) is 63.6 Å². The van der Waals surface area contributed by atoms with E-state index in [4.69, 9.17) is 10.1 Å². The largest absolute Gasteiger partial charge is 0.370 e. The van der Waals surface area contributed by atoms with Crippen molar-refractivity contribution in [1.82, 2.24) is 29.7 Å². The van der Waals surface area contributed by atoms with Crippen molar-refractivity contribution in [2.75, 3.05) is 32.7 Å². The van der Waals surface area contributed by atoms with Crippen LogP contribution < -0.4 is 5.32 Å². The Bertz CT molecular complexity index is 1090. The molecule has 2 aromatic heterocycles. The van der Waals surface area contributed by atoms with E-state index in [1.165, 1.54) is 12.1 Å². The third kappa shape index (κ3) is 3.54. The summed E-state index contributed by atoms with van der Waals surface area (Å²) >= 11 is 0. The van der Waals surface area contributed by atoms with Gasteiger partial charge in [0.05, 0.1) is 34.5 Å². The molecule has 3 aliphatic heterocycles. The maximum Gasteiger partial charge on any atom is 0.133 e. The molecule has 2 aromatic rings. The number of aliphatic imine (C=N–C) groups is 1. The number of hydrogen-bond donors (Lipinski definition) is 1. The summed E-state index contributed by atoms with van der Waals surface area (Å²) in [5.74, 6) is 1.71. The van der Waals surface area contributed by atoms with Crippen LogP contribution in [-0.4, -0.2) is 63.0 Å². The average Bonchev–Trinajstić information content (AvgIpc) is 3.39. The molecule has 0 aliphatic carbocycles. The van der Waals surface area contributed by atoms with Gasteiger partial charge < -0.3 is 15.1 Å². The number of rotatable bonds is 5. The highest BCUT2D eigenvalue weighted by Gasteiger charge is 2.26. The molecule has 0 bridgehead atoms. The van der Waals surface area contributed by atoms with Crippen molar-refractivity contribution in [3.8, 4) is 0 Å². The molecule has 30 heavy (non-hydrogen) atoms. The van der Waals surface area contributed by atoms with Crippen molar-refractivity contribution in [3.63, 3.8) is 0 Å². The molecule has 5 rings (SSSR count). The first kappa shape index (κ1) is 19.1. The molecule has 7 heteroatoms. The van der Waals surface area contributed by atoms with Gasteiger partial charge in [0.1, 0.15) is 11.5 Å². The van der Waals surface area contributed by atoms with Crippen molar-refractivity contribution in [2.45, 2.75) is 27.2 Å². The van der Waals surface area contributed by atoms with Crippen LogP contribution in [0.15, 0.2) is 47.4 Å². The number of aromatic nitrogens is 3.